The molecule has 1 heterocycles. The van der Waals surface area contributed by atoms with Gasteiger partial charge in [0.1, 0.15) is 6.10 Å². The van der Waals surface area contributed by atoms with E-state index < -0.39 is 42.7 Å². The standard InChI is InChI=1S/C11H13F2NO3/c12-9(13)8(15)5-14-10(16)6-3-1-2-4-7(6)11(14)17/h1-2,6-9,15H,3-5H2/t6-,7+,8?. The van der Waals surface area contributed by atoms with Crippen molar-refractivity contribution < 1.29 is 23.5 Å². The van der Waals surface area contributed by atoms with Crippen molar-refractivity contribution in [2.24, 2.45) is 11.8 Å². The SMILES string of the molecule is O=C1[C@H]2CC=CC[C@H]2C(=O)N1CC(O)C(F)F. The molecule has 2 amide bonds. The molecule has 2 aliphatic rings. The molecular weight excluding hydrogens is 232 g/mol. The number of imide groups is 1. The molecule has 1 saturated heterocycles. The summed E-state index contributed by atoms with van der Waals surface area (Å²) in [6.07, 6.45) is -0.335. The highest BCUT2D eigenvalue weighted by Gasteiger charge is 2.47. The summed E-state index contributed by atoms with van der Waals surface area (Å²) in [5.41, 5.74) is 0. The number of likely N-dealkylation sites (tertiary alicyclic amines) is 1. The van der Waals surface area contributed by atoms with Crippen LogP contribution in [0.1, 0.15) is 12.8 Å². The molecule has 1 fully saturated rings. The lowest BCUT2D eigenvalue weighted by atomic mass is 9.85. The van der Waals surface area contributed by atoms with Gasteiger partial charge in [-0.1, -0.05) is 12.2 Å². The number of fused-ring (bicyclic) bond motifs is 1. The van der Waals surface area contributed by atoms with Gasteiger partial charge in [-0.05, 0) is 12.8 Å². The van der Waals surface area contributed by atoms with E-state index in [9.17, 15) is 18.4 Å². The fourth-order valence-corrected chi connectivity index (χ4v) is 2.32. The second kappa shape index (κ2) is 4.52. The van der Waals surface area contributed by atoms with Crippen molar-refractivity contribution >= 4 is 11.8 Å². The topological polar surface area (TPSA) is 57.6 Å². The van der Waals surface area contributed by atoms with Crippen LogP contribution >= 0.6 is 0 Å². The Bertz CT molecular complexity index is 344. The summed E-state index contributed by atoms with van der Waals surface area (Å²) in [6, 6.07) is 0. The number of allylic oxidation sites excluding steroid dienone is 2. The average molecular weight is 245 g/mol. The van der Waals surface area contributed by atoms with Crippen LogP contribution in [0.5, 0.6) is 0 Å². The van der Waals surface area contributed by atoms with Gasteiger partial charge in [-0.3, -0.25) is 14.5 Å². The lowest BCUT2D eigenvalue weighted by molar-refractivity contribution is -0.143. The molecule has 1 aliphatic heterocycles. The van der Waals surface area contributed by atoms with E-state index in [4.69, 9.17) is 5.11 Å². The van der Waals surface area contributed by atoms with Crippen LogP contribution in [0.3, 0.4) is 0 Å². The third-order valence-corrected chi connectivity index (χ3v) is 3.26. The van der Waals surface area contributed by atoms with E-state index in [1.807, 2.05) is 12.2 Å². The van der Waals surface area contributed by atoms with Crippen LogP contribution in [0.15, 0.2) is 12.2 Å². The van der Waals surface area contributed by atoms with Crippen LogP contribution in [0.25, 0.3) is 0 Å². The van der Waals surface area contributed by atoms with E-state index in [0.717, 1.165) is 4.90 Å². The number of rotatable bonds is 3. The number of carbonyl (C=O) groups is 2. The number of hydrogen-bond acceptors (Lipinski definition) is 3. The van der Waals surface area contributed by atoms with Crippen molar-refractivity contribution in [1.82, 2.24) is 4.90 Å². The van der Waals surface area contributed by atoms with E-state index in [2.05, 4.69) is 0 Å². The predicted molar refractivity (Wildman–Crippen MR) is 54.1 cm³/mol. The number of hydrogen-bond donors (Lipinski definition) is 1. The summed E-state index contributed by atoms with van der Waals surface area (Å²) in [5, 5.41) is 9.04. The van der Waals surface area contributed by atoms with Crippen molar-refractivity contribution in [1.29, 1.82) is 0 Å². The molecule has 0 saturated carbocycles. The summed E-state index contributed by atoms with van der Waals surface area (Å²) < 4.78 is 24.4. The van der Waals surface area contributed by atoms with E-state index >= 15 is 0 Å². The van der Waals surface area contributed by atoms with Crippen molar-refractivity contribution in [3.63, 3.8) is 0 Å². The zero-order chi connectivity index (χ0) is 12.6. The van der Waals surface area contributed by atoms with Crippen molar-refractivity contribution in [3.05, 3.63) is 12.2 Å². The molecular formula is C11H13F2NO3. The fourth-order valence-electron chi connectivity index (χ4n) is 2.32. The number of aliphatic hydroxyl groups is 1. The first kappa shape index (κ1) is 12.2. The van der Waals surface area contributed by atoms with E-state index in [1.165, 1.54) is 0 Å². The Kier molecular flexibility index (Phi) is 3.24. The van der Waals surface area contributed by atoms with Gasteiger partial charge >= 0.3 is 0 Å². The van der Waals surface area contributed by atoms with Crippen LogP contribution in [-0.4, -0.2) is 40.9 Å². The maximum absolute atomic E-state index is 12.2. The third kappa shape index (κ3) is 2.09. The molecule has 3 atom stereocenters. The second-order valence-corrected chi connectivity index (χ2v) is 4.34. The molecule has 1 aliphatic carbocycles. The Morgan fingerprint density at radius 3 is 2.12 bits per heavy atom. The predicted octanol–water partition coefficient (Wildman–Crippen LogP) is 0.564. The van der Waals surface area contributed by atoms with Crippen LogP contribution in [0.4, 0.5) is 8.78 Å². The van der Waals surface area contributed by atoms with Gasteiger partial charge in [0.2, 0.25) is 11.8 Å². The summed E-state index contributed by atoms with van der Waals surface area (Å²) in [4.78, 5) is 24.4. The number of carbonyl (C=O) groups excluding carboxylic acids is 2. The summed E-state index contributed by atoms with van der Waals surface area (Å²) >= 11 is 0. The Morgan fingerprint density at radius 1 is 1.24 bits per heavy atom. The minimum atomic E-state index is -2.95. The summed E-state index contributed by atoms with van der Waals surface area (Å²) in [6.45, 7) is -0.609. The molecule has 94 valence electrons. The van der Waals surface area contributed by atoms with E-state index in [1.54, 1.807) is 0 Å². The molecule has 6 heteroatoms. The van der Waals surface area contributed by atoms with Crippen LogP contribution in [-0.2, 0) is 9.59 Å². The van der Waals surface area contributed by atoms with Gasteiger partial charge in [0.25, 0.3) is 6.43 Å². The van der Waals surface area contributed by atoms with Gasteiger partial charge in [-0.2, -0.15) is 0 Å². The van der Waals surface area contributed by atoms with Crippen molar-refractivity contribution in [3.8, 4) is 0 Å². The zero-order valence-corrected chi connectivity index (χ0v) is 9.05. The lowest BCUT2D eigenvalue weighted by Crippen LogP contribution is -2.40. The minimum Gasteiger partial charge on any atom is -0.385 e. The zero-order valence-electron chi connectivity index (χ0n) is 9.05. The molecule has 17 heavy (non-hydrogen) atoms. The number of nitrogens with zero attached hydrogens (tertiary/aromatic N) is 1. The summed E-state index contributed by atoms with van der Waals surface area (Å²) in [7, 11) is 0. The van der Waals surface area contributed by atoms with Crippen LogP contribution in [0.2, 0.25) is 0 Å². The van der Waals surface area contributed by atoms with Gasteiger partial charge in [-0.15, -0.1) is 0 Å². The van der Waals surface area contributed by atoms with Gasteiger partial charge in [0.15, 0.2) is 0 Å². The lowest BCUT2D eigenvalue weighted by Gasteiger charge is -2.18. The number of halogens is 2. The maximum Gasteiger partial charge on any atom is 0.265 e. The Morgan fingerprint density at radius 2 is 1.71 bits per heavy atom. The van der Waals surface area contributed by atoms with Crippen molar-refractivity contribution in [2.75, 3.05) is 6.54 Å². The Labute approximate surface area is 96.9 Å². The van der Waals surface area contributed by atoms with Gasteiger partial charge in [-0.25, -0.2) is 8.78 Å². The average Bonchev–Trinajstić information content (AvgIpc) is 2.55. The first-order valence-electron chi connectivity index (χ1n) is 5.48. The normalized spacial score (nSPS) is 30.0. The first-order valence-corrected chi connectivity index (χ1v) is 5.48. The monoisotopic (exact) mass is 245 g/mol. The van der Waals surface area contributed by atoms with Gasteiger partial charge in [0.05, 0.1) is 18.4 Å². The van der Waals surface area contributed by atoms with Crippen LogP contribution in [0, 0.1) is 11.8 Å². The molecule has 0 bridgehead atoms. The molecule has 0 aromatic rings. The summed E-state index contributed by atoms with van der Waals surface area (Å²) in [5.74, 6) is -1.75. The maximum atomic E-state index is 12.2. The molecule has 1 N–H and O–H groups in total. The van der Waals surface area contributed by atoms with Gasteiger partial charge < -0.3 is 5.11 Å². The fraction of sp³-hybridized carbons (Fsp3) is 0.636. The highest BCUT2D eigenvalue weighted by atomic mass is 19.3. The number of amides is 2. The molecule has 0 aromatic heterocycles. The van der Waals surface area contributed by atoms with Gasteiger partial charge in [0, 0.05) is 0 Å². The number of β-amino-alcohol motifs (C(OH)–C–C–N with tert-alkyl or cyclic N) is 1. The Hall–Kier alpha value is -1.30. The highest BCUT2D eigenvalue weighted by molar-refractivity contribution is 6.05. The third-order valence-electron chi connectivity index (χ3n) is 3.26. The molecule has 0 spiro atoms. The molecule has 1 unspecified atom stereocenters. The number of alkyl halides is 2. The minimum absolute atomic E-state index is 0.433. The largest absolute Gasteiger partial charge is 0.385 e. The number of aliphatic hydroxyl groups excluding tert-OH is 1. The smallest absolute Gasteiger partial charge is 0.265 e. The van der Waals surface area contributed by atoms with E-state index in [-0.39, 0.29) is 0 Å². The Balaban J connectivity index is 2.10. The molecule has 0 radical (unpaired) electrons. The molecule has 0 aromatic carbocycles. The molecule has 2 rings (SSSR count). The van der Waals surface area contributed by atoms with Crippen molar-refractivity contribution in [2.45, 2.75) is 25.4 Å². The van der Waals surface area contributed by atoms with E-state index in [0.29, 0.717) is 12.8 Å². The second-order valence-electron chi connectivity index (χ2n) is 4.34. The quantitative estimate of drug-likeness (QED) is 0.584. The molecule has 4 nitrogen and oxygen atoms in total. The first-order chi connectivity index (χ1) is 8.02. The highest BCUT2D eigenvalue weighted by Crippen LogP contribution is 2.35. The van der Waals surface area contributed by atoms with Crippen LogP contribution < -0.4 is 0 Å².